The maximum atomic E-state index is 13.3. The molecule has 1 aliphatic rings. The van der Waals surface area contributed by atoms with Crippen molar-refractivity contribution in [3.8, 4) is 0 Å². The minimum Gasteiger partial charge on any atom is -0.338 e. The summed E-state index contributed by atoms with van der Waals surface area (Å²) in [5.74, 6) is 0.166. The van der Waals surface area contributed by atoms with Gasteiger partial charge in [-0.25, -0.2) is 4.39 Å². The number of halogens is 1. The quantitative estimate of drug-likeness (QED) is 0.576. The molecule has 3 aromatic rings. The third kappa shape index (κ3) is 4.89. The van der Waals surface area contributed by atoms with Gasteiger partial charge in [-0.1, -0.05) is 42.5 Å². The van der Waals surface area contributed by atoms with Crippen LogP contribution in [0.2, 0.25) is 0 Å². The molecule has 148 valence electrons. The zero-order chi connectivity index (χ0) is 20.1. The van der Waals surface area contributed by atoms with Crippen LogP contribution in [0.25, 0.3) is 0 Å². The molecular weight excluding hydrogens is 363 g/mol. The molecule has 4 rings (SSSR count). The first kappa shape index (κ1) is 19.3. The fraction of sp³-hybridized carbons (Fsp3) is 0.280. The molecule has 0 N–H and O–H groups in total. The van der Waals surface area contributed by atoms with Gasteiger partial charge in [0.05, 0.1) is 0 Å². The second-order valence-electron chi connectivity index (χ2n) is 7.65. The fourth-order valence-corrected chi connectivity index (χ4v) is 4.09. The molecule has 1 aliphatic carbocycles. The Morgan fingerprint density at radius 2 is 1.83 bits per heavy atom. The summed E-state index contributed by atoms with van der Waals surface area (Å²) in [6.45, 7) is 1.09. The normalized spacial score (nSPS) is 15.1. The number of hydrogen-bond donors (Lipinski definition) is 0. The minimum atomic E-state index is -0.261. The van der Waals surface area contributed by atoms with Crippen LogP contribution in [0, 0.1) is 5.82 Å². The van der Waals surface area contributed by atoms with Crippen molar-refractivity contribution >= 4 is 5.91 Å². The van der Waals surface area contributed by atoms with E-state index in [0.29, 0.717) is 25.9 Å². The van der Waals surface area contributed by atoms with Crippen molar-refractivity contribution in [3.05, 3.63) is 101 Å². The molecule has 0 fully saturated rings. The molecule has 1 amide bonds. The van der Waals surface area contributed by atoms with Crippen molar-refractivity contribution in [3.63, 3.8) is 0 Å². The molecular formula is C25H25FN2O. The predicted molar refractivity (Wildman–Crippen MR) is 112 cm³/mol. The summed E-state index contributed by atoms with van der Waals surface area (Å²) < 4.78 is 13.3. The highest BCUT2D eigenvalue weighted by Gasteiger charge is 2.26. The summed E-state index contributed by atoms with van der Waals surface area (Å²) >= 11 is 0. The largest absolute Gasteiger partial charge is 0.338 e. The van der Waals surface area contributed by atoms with Crippen LogP contribution >= 0.6 is 0 Å². The van der Waals surface area contributed by atoms with Crippen LogP contribution in [-0.4, -0.2) is 22.3 Å². The standard InChI is InChI=1S/C25H25FN2O/c26-22-12-8-19(9-13-22)18-28(16-14-23-6-3-4-15-27-23)25(29)17-21-11-10-20-5-1-2-7-24(20)21/h1-9,12-13,15,21H,10-11,14,16-18H2. The van der Waals surface area contributed by atoms with Crippen LogP contribution in [0.15, 0.2) is 72.9 Å². The number of pyridine rings is 1. The Kier molecular flexibility index (Phi) is 5.99. The van der Waals surface area contributed by atoms with Crippen LogP contribution in [-0.2, 0) is 24.2 Å². The molecule has 1 aromatic heterocycles. The van der Waals surface area contributed by atoms with E-state index in [9.17, 15) is 9.18 Å². The maximum absolute atomic E-state index is 13.3. The van der Waals surface area contributed by atoms with Gasteiger partial charge in [0.15, 0.2) is 0 Å². The lowest BCUT2D eigenvalue weighted by molar-refractivity contribution is -0.132. The predicted octanol–water partition coefficient (Wildman–Crippen LogP) is 4.91. The number of aryl methyl sites for hydroxylation is 1. The number of amides is 1. The van der Waals surface area contributed by atoms with E-state index in [4.69, 9.17) is 0 Å². The summed E-state index contributed by atoms with van der Waals surface area (Å²) in [6.07, 6.45) is 5.06. The Morgan fingerprint density at radius 1 is 1.03 bits per heavy atom. The highest BCUT2D eigenvalue weighted by molar-refractivity contribution is 5.77. The van der Waals surface area contributed by atoms with Crippen molar-refractivity contribution in [1.82, 2.24) is 9.88 Å². The van der Waals surface area contributed by atoms with Crippen molar-refractivity contribution in [1.29, 1.82) is 0 Å². The van der Waals surface area contributed by atoms with E-state index in [0.717, 1.165) is 24.1 Å². The summed E-state index contributed by atoms with van der Waals surface area (Å²) in [4.78, 5) is 19.5. The number of hydrogen-bond acceptors (Lipinski definition) is 2. The molecule has 1 heterocycles. The summed E-state index contributed by atoms with van der Waals surface area (Å²) in [5, 5.41) is 0. The van der Waals surface area contributed by atoms with Crippen molar-refractivity contribution in [2.45, 2.75) is 38.1 Å². The Labute approximate surface area is 171 Å². The molecule has 4 heteroatoms. The Bertz CT molecular complexity index is 956. The van der Waals surface area contributed by atoms with E-state index in [1.165, 1.54) is 23.3 Å². The van der Waals surface area contributed by atoms with Gasteiger partial charge in [-0.05, 0) is 59.7 Å². The Balaban J connectivity index is 1.47. The zero-order valence-corrected chi connectivity index (χ0v) is 16.4. The van der Waals surface area contributed by atoms with Crippen LogP contribution in [0.1, 0.15) is 41.1 Å². The molecule has 29 heavy (non-hydrogen) atoms. The first-order chi connectivity index (χ1) is 14.2. The summed E-state index contributed by atoms with van der Waals surface area (Å²) in [6, 6.07) is 20.7. The fourth-order valence-electron chi connectivity index (χ4n) is 4.09. The molecule has 3 nitrogen and oxygen atoms in total. The lowest BCUT2D eigenvalue weighted by atomic mass is 9.97. The van der Waals surface area contributed by atoms with Gasteiger partial charge in [0.2, 0.25) is 5.91 Å². The van der Waals surface area contributed by atoms with Crippen LogP contribution < -0.4 is 0 Å². The zero-order valence-electron chi connectivity index (χ0n) is 16.4. The number of carbonyl (C=O) groups excluding carboxylic acids is 1. The topological polar surface area (TPSA) is 33.2 Å². The number of benzene rings is 2. The van der Waals surface area contributed by atoms with Gasteiger partial charge in [-0.15, -0.1) is 0 Å². The first-order valence-corrected chi connectivity index (χ1v) is 10.2. The van der Waals surface area contributed by atoms with Gasteiger partial charge in [-0.3, -0.25) is 9.78 Å². The second-order valence-corrected chi connectivity index (χ2v) is 7.65. The molecule has 0 radical (unpaired) electrons. The maximum Gasteiger partial charge on any atom is 0.223 e. The Morgan fingerprint density at radius 3 is 2.62 bits per heavy atom. The van der Waals surface area contributed by atoms with E-state index in [1.807, 2.05) is 23.1 Å². The van der Waals surface area contributed by atoms with Crippen LogP contribution in [0.5, 0.6) is 0 Å². The third-order valence-corrected chi connectivity index (χ3v) is 5.68. The highest BCUT2D eigenvalue weighted by atomic mass is 19.1. The highest BCUT2D eigenvalue weighted by Crippen LogP contribution is 2.35. The van der Waals surface area contributed by atoms with Crippen LogP contribution in [0.3, 0.4) is 0 Å². The van der Waals surface area contributed by atoms with Gasteiger partial charge < -0.3 is 4.90 Å². The molecule has 0 saturated carbocycles. The number of aromatic nitrogens is 1. The number of nitrogens with zero attached hydrogens (tertiary/aromatic N) is 2. The van der Waals surface area contributed by atoms with E-state index in [1.54, 1.807) is 18.3 Å². The van der Waals surface area contributed by atoms with Crippen molar-refractivity contribution in [2.24, 2.45) is 0 Å². The molecule has 1 unspecified atom stereocenters. The minimum absolute atomic E-state index is 0.145. The molecule has 0 bridgehead atoms. The molecule has 0 spiro atoms. The van der Waals surface area contributed by atoms with Crippen molar-refractivity contribution < 1.29 is 9.18 Å². The third-order valence-electron chi connectivity index (χ3n) is 5.68. The monoisotopic (exact) mass is 388 g/mol. The first-order valence-electron chi connectivity index (χ1n) is 10.2. The lowest BCUT2D eigenvalue weighted by Gasteiger charge is -2.25. The number of fused-ring (bicyclic) bond motifs is 1. The van der Waals surface area contributed by atoms with E-state index in [2.05, 4.69) is 29.2 Å². The smallest absolute Gasteiger partial charge is 0.223 e. The number of carbonyl (C=O) groups is 1. The van der Waals surface area contributed by atoms with Gasteiger partial charge in [0.1, 0.15) is 5.82 Å². The molecule has 0 aliphatic heterocycles. The van der Waals surface area contributed by atoms with E-state index >= 15 is 0 Å². The van der Waals surface area contributed by atoms with E-state index in [-0.39, 0.29) is 17.6 Å². The lowest BCUT2D eigenvalue weighted by Crippen LogP contribution is -2.33. The average molecular weight is 388 g/mol. The SMILES string of the molecule is O=C(CC1CCc2ccccc21)N(CCc1ccccn1)Cc1ccc(F)cc1. The van der Waals surface area contributed by atoms with E-state index < -0.39 is 0 Å². The van der Waals surface area contributed by atoms with Crippen LogP contribution in [0.4, 0.5) is 4.39 Å². The van der Waals surface area contributed by atoms with Gasteiger partial charge >= 0.3 is 0 Å². The summed E-state index contributed by atoms with van der Waals surface area (Å²) in [7, 11) is 0. The van der Waals surface area contributed by atoms with Gasteiger partial charge in [0, 0.05) is 37.8 Å². The number of rotatable bonds is 7. The van der Waals surface area contributed by atoms with Crippen molar-refractivity contribution in [2.75, 3.05) is 6.54 Å². The molecule has 2 aromatic carbocycles. The second kappa shape index (κ2) is 8.99. The molecule has 0 saturated heterocycles. The Hall–Kier alpha value is -3.01. The van der Waals surface area contributed by atoms with Gasteiger partial charge in [-0.2, -0.15) is 0 Å². The summed E-state index contributed by atoms with van der Waals surface area (Å²) in [5.41, 5.74) is 4.58. The average Bonchev–Trinajstić information content (AvgIpc) is 3.16. The molecule has 1 atom stereocenters. The van der Waals surface area contributed by atoms with Gasteiger partial charge in [0.25, 0.3) is 0 Å².